The molecule has 0 spiro atoms. The summed E-state index contributed by atoms with van der Waals surface area (Å²) >= 11 is 0. The molecule has 0 unspecified atom stereocenters. The highest BCUT2D eigenvalue weighted by Gasteiger charge is 2.13. The molecule has 5 aromatic rings. The predicted molar refractivity (Wildman–Crippen MR) is 118 cm³/mol. The molecule has 0 amide bonds. The largest absolute Gasteiger partial charge is 0.306 e. The lowest BCUT2D eigenvalue weighted by atomic mass is 10.0. The predicted octanol–water partition coefficient (Wildman–Crippen LogP) is 3.86. The van der Waals surface area contributed by atoms with Crippen LogP contribution in [0.15, 0.2) is 70.3 Å². The molecule has 2 aromatic heterocycles. The van der Waals surface area contributed by atoms with Crippen molar-refractivity contribution in [2.24, 2.45) is 0 Å². The first-order valence-electron chi connectivity index (χ1n) is 9.76. The Morgan fingerprint density at radius 1 is 0.935 bits per heavy atom. The fraction of sp³-hybridized carbons (Fsp3) is 0.0833. The molecule has 0 saturated heterocycles. The molecule has 0 saturated carbocycles. The molecule has 0 radical (unpaired) electrons. The van der Waals surface area contributed by atoms with Gasteiger partial charge in [-0.2, -0.15) is 5.10 Å². The Hall–Kier alpha value is -4.13. The van der Waals surface area contributed by atoms with Crippen molar-refractivity contribution in [1.82, 2.24) is 20.2 Å². The van der Waals surface area contributed by atoms with Crippen molar-refractivity contribution >= 4 is 21.7 Å². The minimum Gasteiger partial charge on any atom is -0.306 e. The normalized spacial score (nSPS) is 11.3. The van der Waals surface area contributed by atoms with Crippen LogP contribution >= 0.6 is 0 Å². The number of nitrogens with zero attached hydrogens (tertiary/aromatic N) is 2. The van der Waals surface area contributed by atoms with E-state index in [1.54, 1.807) is 36.4 Å². The third-order valence-electron chi connectivity index (χ3n) is 5.40. The van der Waals surface area contributed by atoms with E-state index in [0.29, 0.717) is 44.3 Å². The Bertz CT molecular complexity index is 1590. The number of nitrogens with one attached hydrogen (secondary N) is 2. The molecule has 2 N–H and O–H groups in total. The molecule has 0 aliphatic rings. The maximum absolute atomic E-state index is 15.0. The molecular formula is C24H17FN4O2. The second-order valence-corrected chi connectivity index (χ2v) is 7.41. The van der Waals surface area contributed by atoms with E-state index in [0.717, 1.165) is 5.56 Å². The van der Waals surface area contributed by atoms with Gasteiger partial charge < -0.3 is 4.98 Å². The molecule has 3 aromatic carbocycles. The van der Waals surface area contributed by atoms with Crippen molar-refractivity contribution in [2.45, 2.75) is 13.3 Å². The van der Waals surface area contributed by atoms with Crippen LogP contribution < -0.4 is 11.1 Å². The number of aryl methyl sites for hydroxylation is 1. The summed E-state index contributed by atoms with van der Waals surface area (Å²) in [5.74, 6) is -0.136. The highest BCUT2D eigenvalue weighted by Crippen LogP contribution is 2.23. The number of hydrogen-bond donors (Lipinski definition) is 2. The van der Waals surface area contributed by atoms with Crippen LogP contribution in [0.2, 0.25) is 0 Å². The number of fused-ring (bicyclic) bond motifs is 2. The lowest BCUT2D eigenvalue weighted by Gasteiger charge is -2.09. The standard InChI is InChI=1S/C24H17FN4O2/c1-13-5-4-8-19-21(13)24(31)27-22(26-19)15-10-9-14(18(25)11-15)12-20-16-6-2-3-7-17(16)23(30)29-28-20/h2-11H,12H2,1H3,(H,29,30)(H,26,27,31). The van der Waals surface area contributed by atoms with Crippen molar-refractivity contribution < 1.29 is 4.39 Å². The number of hydrogen-bond acceptors (Lipinski definition) is 4. The quantitative estimate of drug-likeness (QED) is 0.471. The molecule has 0 bridgehead atoms. The van der Waals surface area contributed by atoms with Gasteiger partial charge >= 0.3 is 0 Å². The van der Waals surface area contributed by atoms with Gasteiger partial charge in [-0.1, -0.05) is 42.5 Å². The van der Waals surface area contributed by atoms with E-state index in [1.807, 2.05) is 25.1 Å². The molecule has 6 nitrogen and oxygen atoms in total. The van der Waals surface area contributed by atoms with E-state index < -0.39 is 5.82 Å². The van der Waals surface area contributed by atoms with Crippen molar-refractivity contribution in [3.8, 4) is 11.4 Å². The minimum atomic E-state index is -0.443. The molecule has 0 aliphatic heterocycles. The smallest absolute Gasteiger partial charge is 0.272 e. The number of rotatable bonds is 3. The highest BCUT2D eigenvalue weighted by molar-refractivity contribution is 5.84. The van der Waals surface area contributed by atoms with E-state index in [-0.39, 0.29) is 17.5 Å². The van der Waals surface area contributed by atoms with Gasteiger partial charge in [-0.05, 0) is 36.2 Å². The molecule has 0 atom stereocenters. The zero-order chi connectivity index (χ0) is 21.5. The summed E-state index contributed by atoms with van der Waals surface area (Å²) in [6.45, 7) is 1.85. The van der Waals surface area contributed by atoms with Crippen molar-refractivity contribution in [3.63, 3.8) is 0 Å². The van der Waals surface area contributed by atoms with Gasteiger partial charge in [0, 0.05) is 17.4 Å². The summed E-state index contributed by atoms with van der Waals surface area (Å²) in [4.78, 5) is 31.7. The van der Waals surface area contributed by atoms with Gasteiger partial charge in [0.1, 0.15) is 11.6 Å². The van der Waals surface area contributed by atoms with Crippen LogP contribution in [-0.2, 0) is 6.42 Å². The number of halogens is 1. The number of aromatic nitrogens is 4. The average molecular weight is 412 g/mol. The van der Waals surface area contributed by atoms with Gasteiger partial charge in [-0.3, -0.25) is 9.59 Å². The van der Waals surface area contributed by atoms with Crippen LogP contribution in [-0.4, -0.2) is 20.2 Å². The highest BCUT2D eigenvalue weighted by atomic mass is 19.1. The van der Waals surface area contributed by atoms with Gasteiger partial charge in [0.2, 0.25) is 0 Å². The maximum atomic E-state index is 15.0. The molecule has 0 aliphatic carbocycles. The molecule has 2 heterocycles. The van der Waals surface area contributed by atoms with Crippen LogP contribution in [0.25, 0.3) is 33.1 Å². The minimum absolute atomic E-state index is 0.213. The Morgan fingerprint density at radius 3 is 2.55 bits per heavy atom. The van der Waals surface area contributed by atoms with Crippen molar-refractivity contribution in [1.29, 1.82) is 0 Å². The van der Waals surface area contributed by atoms with Gasteiger partial charge in [-0.25, -0.2) is 14.5 Å². The van der Waals surface area contributed by atoms with E-state index in [1.165, 1.54) is 6.07 Å². The first-order chi connectivity index (χ1) is 15.0. The molecule has 0 fully saturated rings. The van der Waals surface area contributed by atoms with E-state index in [9.17, 15) is 14.0 Å². The topological polar surface area (TPSA) is 91.5 Å². The van der Waals surface area contributed by atoms with Gasteiger partial charge in [0.25, 0.3) is 11.1 Å². The summed E-state index contributed by atoms with van der Waals surface area (Å²) in [5, 5.41) is 8.31. The van der Waals surface area contributed by atoms with Crippen LogP contribution in [0, 0.1) is 12.7 Å². The molecule has 5 rings (SSSR count). The molecule has 31 heavy (non-hydrogen) atoms. The van der Waals surface area contributed by atoms with E-state index in [2.05, 4.69) is 20.2 Å². The van der Waals surface area contributed by atoms with Crippen molar-refractivity contribution in [3.05, 3.63) is 104 Å². The average Bonchev–Trinajstić information content (AvgIpc) is 2.77. The summed E-state index contributed by atoms with van der Waals surface area (Å²) in [6.07, 6.45) is 0.213. The lowest BCUT2D eigenvalue weighted by molar-refractivity contribution is 0.613. The van der Waals surface area contributed by atoms with Gasteiger partial charge in [0.15, 0.2) is 0 Å². The SMILES string of the molecule is Cc1cccc2nc(-c3ccc(Cc4n[nH]c(=O)c5ccccc45)c(F)c3)[nH]c(=O)c12. The Morgan fingerprint density at radius 2 is 1.74 bits per heavy atom. The maximum Gasteiger partial charge on any atom is 0.272 e. The summed E-state index contributed by atoms with van der Waals surface area (Å²) in [7, 11) is 0. The molecular weight excluding hydrogens is 395 g/mol. The fourth-order valence-electron chi connectivity index (χ4n) is 3.82. The Balaban J connectivity index is 1.55. The van der Waals surface area contributed by atoms with Gasteiger partial charge in [0.05, 0.1) is 22.0 Å². The third-order valence-corrected chi connectivity index (χ3v) is 5.40. The summed E-state index contributed by atoms with van der Waals surface area (Å²) in [6, 6.07) is 17.3. The first-order valence-corrected chi connectivity index (χ1v) is 9.76. The van der Waals surface area contributed by atoms with Crippen LogP contribution in [0.4, 0.5) is 4.39 Å². The fourth-order valence-corrected chi connectivity index (χ4v) is 3.82. The Kier molecular flexibility index (Phi) is 4.43. The number of benzene rings is 3. The van der Waals surface area contributed by atoms with E-state index >= 15 is 0 Å². The zero-order valence-corrected chi connectivity index (χ0v) is 16.6. The Labute approximate surface area is 175 Å². The zero-order valence-electron chi connectivity index (χ0n) is 16.6. The number of aromatic amines is 2. The third kappa shape index (κ3) is 3.30. The van der Waals surface area contributed by atoms with Crippen LogP contribution in [0.1, 0.15) is 16.8 Å². The lowest BCUT2D eigenvalue weighted by Crippen LogP contribution is -2.12. The van der Waals surface area contributed by atoms with Crippen LogP contribution in [0.3, 0.4) is 0 Å². The van der Waals surface area contributed by atoms with Gasteiger partial charge in [-0.15, -0.1) is 0 Å². The summed E-state index contributed by atoms with van der Waals surface area (Å²) < 4.78 is 15.0. The second-order valence-electron chi connectivity index (χ2n) is 7.41. The monoisotopic (exact) mass is 412 g/mol. The number of H-pyrrole nitrogens is 2. The molecule has 152 valence electrons. The first kappa shape index (κ1) is 18.9. The van der Waals surface area contributed by atoms with E-state index in [4.69, 9.17) is 0 Å². The molecule has 7 heteroatoms. The second kappa shape index (κ2) is 7.28. The van der Waals surface area contributed by atoms with Crippen molar-refractivity contribution in [2.75, 3.05) is 0 Å². The van der Waals surface area contributed by atoms with Crippen LogP contribution in [0.5, 0.6) is 0 Å². The summed E-state index contributed by atoms with van der Waals surface area (Å²) in [5.41, 5.74) is 2.33.